The predicted octanol–water partition coefficient (Wildman–Crippen LogP) is -1.22. The molecule has 1 N–H and O–H groups in total. The highest BCUT2D eigenvalue weighted by Gasteiger charge is 2.11. The number of nitrogens with zero attached hydrogens (tertiary/aromatic N) is 1. The molecule has 0 amide bonds. The fourth-order valence-electron chi connectivity index (χ4n) is 0.332. The van der Waals surface area contributed by atoms with Crippen molar-refractivity contribution in [3.8, 4) is 0 Å². The quantitative estimate of drug-likeness (QED) is 0.362. The van der Waals surface area contributed by atoms with Gasteiger partial charge in [-0.25, -0.2) is 13.3 Å². The number of likely N-dealkylation sites (N-methyl/N-ethyl adjacent to an activating group) is 1. The maximum Gasteiger partial charge on any atom is 0.132 e. The van der Waals surface area contributed by atoms with Crippen LogP contribution in [0.4, 0.5) is 0 Å². The Hall–Kier alpha value is -0.210. The van der Waals surface area contributed by atoms with E-state index in [-0.39, 0.29) is 6.61 Å². The summed E-state index contributed by atoms with van der Waals surface area (Å²) in [6, 6.07) is 0. The molecule has 6 nitrogen and oxygen atoms in total. The highest BCUT2D eigenvalue weighted by Crippen LogP contribution is 1.92. The summed E-state index contributed by atoms with van der Waals surface area (Å²) in [4.78, 5) is 4.96. The minimum atomic E-state index is -3.92. The van der Waals surface area contributed by atoms with Crippen molar-refractivity contribution in [3.05, 3.63) is 0 Å². The molecule has 0 atom stereocenters. The van der Waals surface area contributed by atoms with Gasteiger partial charge in [-0.2, -0.15) is 4.65 Å². The summed E-state index contributed by atoms with van der Waals surface area (Å²) in [5, 5.41) is 8.44. The first-order valence-electron chi connectivity index (χ1n) is 3.53. The summed E-state index contributed by atoms with van der Waals surface area (Å²) in [5.41, 5.74) is 0. The number of rotatable bonds is 3. The van der Waals surface area contributed by atoms with Crippen molar-refractivity contribution in [2.75, 3.05) is 40.6 Å². The van der Waals surface area contributed by atoms with Crippen LogP contribution in [0.3, 0.4) is 0 Å². The summed E-state index contributed by atoms with van der Waals surface area (Å²) in [6.07, 6.45) is 0.604. The zero-order valence-corrected chi connectivity index (χ0v) is 9.17. The van der Waals surface area contributed by atoms with Crippen LogP contribution in [0.5, 0.6) is 0 Å². The van der Waals surface area contributed by atoms with Gasteiger partial charge in [-0.1, -0.05) is 0 Å². The van der Waals surface area contributed by atoms with Gasteiger partial charge in [0.2, 0.25) is 0 Å². The number of aliphatic hydroxyl groups is 1. The second-order valence-electron chi connectivity index (χ2n) is 2.91. The van der Waals surface area contributed by atoms with Crippen LogP contribution in [-0.4, -0.2) is 63.3 Å². The van der Waals surface area contributed by atoms with Crippen molar-refractivity contribution in [1.29, 1.82) is 0 Å². The van der Waals surface area contributed by atoms with Crippen LogP contribution in [0, 0.1) is 0 Å². The maximum absolute atomic E-state index is 9.08. The van der Waals surface area contributed by atoms with E-state index < -0.39 is 10.1 Å². The Kier molecular flexibility index (Phi) is 7.37. The van der Waals surface area contributed by atoms with E-state index in [2.05, 4.69) is 0 Å². The zero-order chi connectivity index (χ0) is 11.1. The third kappa shape index (κ3) is 24.5. The lowest BCUT2D eigenvalue weighted by atomic mass is 10.6. The first kappa shape index (κ1) is 15.3. The molecule has 0 fully saturated rings. The summed E-state index contributed by atoms with van der Waals surface area (Å²) in [7, 11) is 1.47. The molecule has 0 aromatic heterocycles. The van der Waals surface area contributed by atoms with Crippen molar-refractivity contribution in [1.82, 2.24) is 0 Å². The summed E-state index contributed by atoms with van der Waals surface area (Å²) in [6.45, 7) is 0.803. The van der Waals surface area contributed by atoms with E-state index in [0.29, 0.717) is 17.4 Å². The minimum Gasteiger partial charge on any atom is -0.748 e. The molecule has 0 saturated carbocycles. The van der Waals surface area contributed by atoms with Gasteiger partial charge in [0.15, 0.2) is 0 Å². The van der Waals surface area contributed by atoms with Gasteiger partial charge in [-0.15, -0.1) is 0 Å². The van der Waals surface area contributed by atoms with Gasteiger partial charge in [0.05, 0.1) is 37.9 Å². The Morgan fingerprint density at radius 2 is 1.77 bits per heavy atom. The fourth-order valence-corrected chi connectivity index (χ4v) is 0.332. The van der Waals surface area contributed by atoms with E-state index in [0.717, 1.165) is 0 Å². The van der Waals surface area contributed by atoms with Crippen LogP contribution < -0.4 is 0 Å². The van der Waals surface area contributed by atoms with Crippen molar-refractivity contribution in [2.24, 2.45) is 0 Å². The molecule has 13 heavy (non-hydrogen) atoms. The van der Waals surface area contributed by atoms with E-state index in [1.54, 1.807) is 7.11 Å². The van der Waals surface area contributed by atoms with Crippen molar-refractivity contribution < 1.29 is 27.6 Å². The number of hydrogen-bond acceptors (Lipinski definition) is 5. The van der Waals surface area contributed by atoms with Crippen LogP contribution in [0.1, 0.15) is 0 Å². The lowest BCUT2D eigenvalue weighted by Gasteiger charge is -2.23. The molecule has 0 heterocycles. The standard InChI is InChI=1S/C5H14NO2.CH4O3S/c1-6(2,8-3)4-5-7;1-5(2,3)4/h7H,4-5H2,1-3H3;1H3,(H,2,3,4)/q+1;/p-1. The molecule has 0 rings (SSSR count). The molecular weight excluding hydrogens is 198 g/mol. The van der Waals surface area contributed by atoms with Crippen LogP contribution >= 0.6 is 0 Å². The second kappa shape index (κ2) is 6.28. The van der Waals surface area contributed by atoms with E-state index >= 15 is 0 Å². The van der Waals surface area contributed by atoms with Crippen LogP contribution in [0.25, 0.3) is 0 Å². The summed E-state index contributed by atoms with van der Waals surface area (Å²) in [5.74, 6) is 0. The van der Waals surface area contributed by atoms with Crippen LogP contribution in [0.15, 0.2) is 0 Å². The van der Waals surface area contributed by atoms with E-state index in [1.165, 1.54) is 0 Å². The third-order valence-corrected chi connectivity index (χ3v) is 1.13. The Morgan fingerprint density at radius 1 is 1.46 bits per heavy atom. The van der Waals surface area contributed by atoms with Crippen molar-refractivity contribution in [3.63, 3.8) is 0 Å². The Labute approximate surface area is 79.0 Å². The highest BCUT2D eigenvalue weighted by molar-refractivity contribution is 7.84. The average molecular weight is 215 g/mol. The topological polar surface area (TPSA) is 86.7 Å². The molecule has 0 aliphatic rings. The third-order valence-electron chi connectivity index (χ3n) is 1.13. The SMILES string of the molecule is CO[N+](C)(C)CCO.CS(=O)(=O)[O-]. The van der Waals surface area contributed by atoms with Gasteiger partial charge in [-0.05, 0) is 0 Å². The van der Waals surface area contributed by atoms with E-state index in [9.17, 15) is 0 Å². The first-order chi connectivity index (χ1) is 5.62. The smallest absolute Gasteiger partial charge is 0.132 e. The predicted molar refractivity (Wildman–Crippen MR) is 46.7 cm³/mol. The molecule has 82 valence electrons. The molecule has 0 radical (unpaired) electrons. The fraction of sp³-hybridized carbons (Fsp3) is 1.00. The molecule has 0 aliphatic heterocycles. The molecule has 0 aliphatic carbocycles. The number of quaternary nitrogens is 1. The Morgan fingerprint density at radius 3 is 1.85 bits per heavy atom. The minimum absolute atomic E-state index is 0.167. The monoisotopic (exact) mass is 215 g/mol. The average Bonchev–Trinajstić information content (AvgIpc) is 1.84. The van der Waals surface area contributed by atoms with Gasteiger partial charge in [-0.3, -0.25) is 0 Å². The Bertz CT molecular complexity index is 203. The number of hydroxylamine groups is 3. The molecule has 0 saturated heterocycles. The number of hydrogen-bond donors (Lipinski definition) is 1. The highest BCUT2D eigenvalue weighted by atomic mass is 32.2. The molecule has 0 unspecified atom stereocenters. The molecule has 0 aromatic carbocycles. The normalized spacial score (nSPS) is 11.8. The van der Waals surface area contributed by atoms with Gasteiger partial charge >= 0.3 is 0 Å². The number of aliphatic hydroxyl groups excluding tert-OH is 1. The van der Waals surface area contributed by atoms with Crippen LogP contribution in [-0.2, 0) is 15.0 Å². The van der Waals surface area contributed by atoms with Gasteiger partial charge in [0.25, 0.3) is 0 Å². The van der Waals surface area contributed by atoms with Gasteiger partial charge < -0.3 is 9.66 Å². The van der Waals surface area contributed by atoms with E-state index in [1.807, 2.05) is 14.1 Å². The first-order valence-corrected chi connectivity index (χ1v) is 5.34. The maximum atomic E-state index is 9.08. The molecular formula is C6H17NO5S. The zero-order valence-electron chi connectivity index (χ0n) is 8.35. The molecule has 0 bridgehead atoms. The van der Waals surface area contributed by atoms with Crippen molar-refractivity contribution in [2.45, 2.75) is 0 Å². The van der Waals surface area contributed by atoms with Gasteiger partial charge in [0, 0.05) is 6.26 Å². The van der Waals surface area contributed by atoms with Crippen molar-refractivity contribution >= 4 is 10.1 Å². The second-order valence-corrected chi connectivity index (χ2v) is 4.32. The van der Waals surface area contributed by atoms with Gasteiger partial charge in [0.1, 0.15) is 6.54 Å². The van der Waals surface area contributed by atoms with E-state index in [4.69, 9.17) is 22.9 Å². The lowest BCUT2D eigenvalue weighted by molar-refractivity contribution is -1.07. The molecule has 0 aromatic rings. The largest absolute Gasteiger partial charge is 0.748 e. The molecule has 0 spiro atoms. The summed E-state index contributed by atoms with van der Waals surface area (Å²) < 4.78 is 27.6. The Balaban J connectivity index is 0. The summed E-state index contributed by atoms with van der Waals surface area (Å²) >= 11 is 0. The lowest BCUT2D eigenvalue weighted by Crippen LogP contribution is -2.40. The van der Waals surface area contributed by atoms with Crippen LogP contribution in [0.2, 0.25) is 0 Å². The molecule has 7 heteroatoms.